The van der Waals surface area contributed by atoms with E-state index in [4.69, 9.17) is 20.6 Å². The first-order valence-electron chi connectivity index (χ1n) is 13.5. The molecule has 4 rings (SSSR count). The number of amidine groups is 1. The number of halogens is 1. The Bertz CT molecular complexity index is 1070. The molecule has 0 bridgehead atoms. The van der Waals surface area contributed by atoms with E-state index in [-0.39, 0.29) is 48.5 Å². The molecule has 2 aliphatic rings. The molecule has 1 aliphatic heterocycles. The minimum Gasteiger partial charge on any atom is -0.491 e. The molecule has 0 radical (unpaired) electrons. The quantitative estimate of drug-likeness (QED) is 0.219. The van der Waals surface area contributed by atoms with Crippen LogP contribution in [-0.2, 0) is 14.3 Å². The molecule has 1 heterocycles. The Morgan fingerprint density at radius 2 is 1.66 bits per heavy atom. The van der Waals surface area contributed by atoms with E-state index in [0.29, 0.717) is 18.6 Å². The topological polar surface area (TPSA) is 106 Å². The number of nitrogens with one attached hydrogen (secondary N) is 1. The Morgan fingerprint density at radius 3 is 2.26 bits per heavy atom. The van der Waals surface area contributed by atoms with Crippen molar-refractivity contribution >= 4 is 30.1 Å². The number of rotatable bonds is 11. The van der Waals surface area contributed by atoms with Gasteiger partial charge < -0.3 is 20.1 Å². The number of carbonyl (C=O) groups is 2. The molecule has 206 valence electrons. The van der Waals surface area contributed by atoms with Gasteiger partial charge in [-0.15, -0.1) is 12.4 Å². The maximum atomic E-state index is 13.2. The first-order chi connectivity index (χ1) is 17.9. The van der Waals surface area contributed by atoms with Crippen LogP contribution in [0, 0.1) is 17.2 Å². The van der Waals surface area contributed by atoms with Crippen molar-refractivity contribution in [3.05, 3.63) is 54.1 Å². The Balaban J connectivity index is 0.00000400. The third-order valence-electron chi connectivity index (χ3n) is 7.83. The molecule has 3 N–H and O–H groups in total. The van der Waals surface area contributed by atoms with Gasteiger partial charge in [0.2, 0.25) is 5.91 Å². The van der Waals surface area contributed by atoms with Crippen LogP contribution in [0.1, 0.15) is 63.4 Å². The van der Waals surface area contributed by atoms with Gasteiger partial charge in [0, 0.05) is 12.1 Å². The van der Waals surface area contributed by atoms with E-state index in [9.17, 15) is 9.59 Å². The maximum Gasteiger partial charge on any atom is 0.306 e. The molecule has 1 saturated carbocycles. The van der Waals surface area contributed by atoms with Crippen LogP contribution in [0.15, 0.2) is 48.5 Å². The van der Waals surface area contributed by atoms with Gasteiger partial charge in [-0.25, -0.2) is 0 Å². The smallest absolute Gasteiger partial charge is 0.306 e. The highest BCUT2D eigenvalue weighted by Crippen LogP contribution is 2.31. The predicted molar refractivity (Wildman–Crippen MR) is 152 cm³/mol. The fraction of sp³-hybridized carbons (Fsp3) is 0.500. The summed E-state index contributed by atoms with van der Waals surface area (Å²) in [5.41, 5.74) is 8.32. The lowest BCUT2D eigenvalue weighted by Gasteiger charge is -2.27. The van der Waals surface area contributed by atoms with E-state index in [1.54, 1.807) is 0 Å². The van der Waals surface area contributed by atoms with Crippen molar-refractivity contribution in [1.29, 1.82) is 5.41 Å². The molecule has 0 spiro atoms. The van der Waals surface area contributed by atoms with Gasteiger partial charge in [0.15, 0.2) is 0 Å². The zero-order chi connectivity index (χ0) is 26.2. The van der Waals surface area contributed by atoms with Crippen LogP contribution < -0.4 is 10.5 Å². The number of nitrogens with two attached hydrogens (primary N) is 1. The van der Waals surface area contributed by atoms with Gasteiger partial charge in [-0.05, 0) is 48.4 Å². The third kappa shape index (κ3) is 7.73. The lowest BCUT2D eigenvalue weighted by molar-refractivity contribution is -0.144. The van der Waals surface area contributed by atoms with Gasteiger partial charge in [-0.1, -0.05) is 68.5 Å². The largest absolute Gasteiger partial charge is 0.491 e. The van der Waals surface area contributed by atoms with Crippen LogP contribution in [-0.4, -0.2) is 48.9 Å². The molecule has 2 aromatic carbocycles. The average molecular weight is 542 g/mol. The van der Waals surface area contributed by atoms with E-state index in [1.807, 2.05) is 53.4 Å². The van der Waals surface area contributed by atoms with Crippen molar-refractivity contribution in [3.63, 3.8) is 0 Å². The Morgan fingerprint density at radius 1 is 1.03 bits per heavy atom. The molecule has 0 unspecified atom stereocenters. The second-order valence-electron chi connectivity index (χ2n) is 10.4. The molecule has 2 aromatic rings. The number of esters is 1. The SMILES string of the molecule is COC(=O)C[C@@H]1C[C@@H](COc2ccc(-c3ccc(C(=N)N)cc3)cc2)N(CCCC2CCCCC2)C1=O.Cl. The number of ether oxygens (including phenoxy) is 2. The molecule has 7 nitrogen and oxygen atoms in total. The number of likely N-dealkylation sites (tertiary alicyclic amines) is 1. The number of carbonyl (C=O) groups excluding carboxylic acids is 2. The highest BCUT2D eigenvalue weighted by atomic mass is 35.5. The Labute approximate surface area is 232 Å². The van der Waals surface area contributed by atoms with Crippen molar-refractivity contribution in [3.8, 4) is 16.9 Å². The lowest BCUT2D eigenvalue weighted by Crippen LogP contribution is -2.38. The van der Waals surface area contributed by atoms with Crippen LogP contribution in [0.2, 0.25) is 0 Å². The summed E-state index contributed by atoms with van der Waals surface area (Å²) < 4.78 is 11.0. The molecule has 2 fully saturated rings. The van der Waals surface area contributed by atoms with E-state index in [0.717, 1.165) is 42.2 Å². The second-order valence-corrected chi connectivity index (χ2v) is 10.4. The fourth-order valence-corrected chi connectivity index (χ4v) is 5.68. The summed E-state index contributed by atoms with van der Waals surface area (Å²) >= 11 is 0. The molecule has 1 aliphatic carbocycles. The number of hydrogen-bond donors (Lipinski definition) is 2. The molecule has 8 heteroatoms. The van der Waals surface area contributed by atoms with Crippen molar-refractivity contribution in [1.82, 2.24) is 4.90 Å². The van der Waals surface area contributed by atoms with E-state index in [1.165, 1.54) is 39.2 Å². The Kier molecular flexibility index (Phi) is 11.0. The third-order valence-corrected chi connectivity index (χ3v) is 7.83. The molecule has 2 atom stereocenters. The average Bonchev–Trinajstić information content (AvgIpc) is 3.22. The number of benzene rings is 2. The Hall–Kier alpha value is -3.06. The lowest BCUT2D eigenvalue weighted by atomic mass is 9.86. The summed E-state index contributed by atoms with van der Waals surface area (Å²) in [5.74, 6) is 0.953. The second kappa shape index (κ2) is 14.2. The maximum absolute atomic E-state index is 13.2. The summed E-state index contributed by atoms with van der Waals surface area (Å²) in [7, 11) is 1.37. The molecule has 38 heavy (non-hydrogen) atoms. The summed E-state index contributed by atoms with van der Waals surface area (Å²) in [4.78, 5) is 27.0. The van der Waals surface area contributed by atoms with Gasteiger partial charge in [-0.2, -0.15) is 0 Å². The first kappa shape index (κ1) is 29.5. The van der Waals surface area contributed by atoms with Gasteiger partial charge in [0.1, 0.15) is 18.2 Å². The van der Waals surface area contributed by atoms with Crippen LogP contribution in [0.5, 0.6) is 5.75 Å². The standard InChI is InChI=1S/C30H39N3O4.ClH/c1-36-28(34)19-25-18-26(33(30(25)35)17-5-8-21-6-3-2-4-7-21)20-37-27-15-13-23(14-16-27)22-9-11-24(12-10-22)29(31)32;/h9-16,21,25-26H,2-8,17-20H2,1H3,(H3,31,32);1H/t25-,26-;/m0./s1. The van der Waals surface area contributed by atoms with Gasteiger partial charge in [-0.3, -0.25) is 15.0 Å². The zero-order valence-electron chi connectivity index (χ0n) is 22.2. The minimum absolute atomic E-state index is 0. The van der Waals surface area contributed by atoms with Gasteiger partial charge in [0.05, 0.1) is 25.5 Å². The van der Waals surface area contributed by atoms with Crippen molar-refractivity contribution in [2.45, 2.75) is 63.8 Å². The van der Waals surface area contributed by atoms with Crippen LogP contribution in [0.4, 0.5) is 0 Å². The number of nitrogens with zero attached hydrogens (tertiary/aromatic N) is 1. The summed E-state index contributed by atoms with van der Waals surface area (Å²) in [5, 5.41) is 7.54. The highest BCUT2D eigenvalue weighted by Gasteiger charge is 2.40. The summed E-state index contributed by atoms with van der Waals surface area (Å²) in [6.07, 6.45) is 9.51. The predicted octanol–water partition coefficient (Wildman–Crippen LogP) is 5.58. The fourth-order valence-electron chi connectivity index (χ4n) is 5.68. The molecular formula is C30H40ClN3O4. The first-order valence-corrected chi connectivity index (χ1v) is 13.5. The van der Waals surface area contributed by atoms with Crippen LogP contribution >= 0.6 is 12.4 Å². The molecule has 0 aromatic heterocycles. The summed E-state index contributed by atoms with van der Waals surface area (Å²) in [6, 6.07) is 15.4. The highest BCUT2D eigenvalue weighted by molar-refractivity contribution is 5.95. The normalized spacial score (nSPS) is 19.6. The van der Waals surface area contributed by atoms with E-state index in [2.05, 4.69) is 0 Å². The molecule has 1 saturated heterocycles. The van der Waals surface area contributed by atoms with Crippen molar-refractivity contribution in [2.75, 3.05) is 20.3 Å². The van der Waals surface area contributed by atoms with Crippen LogP contribution in [0.3, 0.4) is 0 Å². The zero-order valence-corrected chi connectivity index (χ0v) is 23.0. The minimum atomic E-state index is -0.339. The van der Waals surface area contributed by atoms with Crippen molar-refractivity contribution in [2.24, 2.45) is 17.6 Å². The molecular weight excluding hydrogens is 502 g/mol. The summed E-state index contributed by atoms with van der Waals surface area (Å²) in [6.45, 7) is 1.12. The van der Waals surface area contributed by atoms with Crippen LogP contribution in [0.25, 0.3) is 11.1 Å². The van der Waals surface area contributed by atoms with E-state index >= 15 is 0 Å². The molecule has 1 amide bonds. The number of methoxy groups -OCH3 is 1. The van der Waals surface area contributed by atoms with E-state index < -0.39 is 0 Å². The monoisotopic (exact) mass is 541 g/mol. The van der Waals surface area contributed by atoms with Gasteiger partial charge in [0.25, 0.3) is 0 Å². The van der Waals surface area contributed by atoms with Gasteiger partial charge >= 0.3 is 5.97 Å². The number of amides is 1. The van der Waals surface area contributed by atoms with Crippen molar-refractivity contribution < 1.29 is 19.1 Å². The number of nitrogen functional groups attached to an aromatic ring is 1. The number of hydrogen-bond acceptors (Lipinski definition) is 5.